The topological polar surface area (TPSA) is 85.0 Å². The lowest BCUT2D eigenvalue weighted by molar-refractivity contribution is 0.122. The molecular weight excluding hydrogens is 338 g/mol. The van der Waals surface area contributed by atoms with Crippen molar-refractivity contribution < 1.29 is 13.2 Å². The second-order valence-corrected chi connectivity index (χ2v) is 8.32. The Hall–Kier alpha value is -1.31. The number of alkyl halides is 1. The number of anilines is 1. The van der Waals surface area contributed by atoms with Crippen molar-refractivity contribution in [1.82, 2.24) is 0 Å². The average Bonchev–Trinajstić information content (AvgIpc) is 2.55. The highest BCUT2D eigenvalue weighted by molar-refractivity contribution is 7.92. The van der Waals surface area contributed by atoms with E-state index in [0.717, 1.165) is 18.8 Å². The highest BCUT2D eigenvalue weighted by Gasteiger charge is 2.24. The van der Waals surface area contributed by atoms with Crippen molar-refractivity contribution in [2.45, 2.75) is 24.0 Å². The number of benzene rings is 1. The predicted octanol–water partition coefficient (Wildman–Crippen LogP) is 1.93. The van der Waals surface area contributed by atoms with Gasteiger partial charge in [0.2, 0.25) is 0 Å². The second-order valence-electron chi connectivity index (χ2n) is 5.58. The van der Waals surface area contributed by atoms with Crippen molar-refractivity contribution in [1.29, 1.82) is 0 Å². The Morgan fingerprint density at radius 3 is 2.61 bits per heavy atom. The lowest BCUT2D eigenvalue weighted by Crippen LogP contribution is -2.36. The van der Waals surface area contributed by atoms with Crippen molar-refractivity contribution >= 4 is 38.6 Å². The molecule has 1 saturated heterocycles. The van der Waals surface area contributed by atoms with Crippen molar-refractivity contribution in [3.63, 3.8) is 0 Å². The maximum Gasteiger partial charge on any atom is 0.182 e. The molecule has 1 heterocycles. The molecule has 2 rings (SSSR count). The lowest BCUT2D eigenvalue weighted by Gasteiger charge is -2.29. The number of ether oxygens (including phenoxy) is 1. The van der Waals surface area contributed by atoms with Crippen LogP contribution in [-0.2, 0) is 14.6 Å². The van der Waals surface area contributed by atoms with Crippen molar-refractivity contribution in [3.8, 4) is 0 Å². The fourth-order valence-electron chi connectivity index (χ4n) is 2.29. The molecule has 1 aliphatic rings. The van der Waals surface area contributed by atoms with Crippen molar-refractivity contribution in [2.75, 3.05) is 37.1 Å². The molecule has 2 N–H and O–H groups in total. The van der Waals surface area contributed by atoms with Gasteiger partial charge in [-0.25, -0.2) is 13.4 Å². The highest BCUT2D eigenvalue weighted by Crippen LogP contribution is 2.32. The molecule has 1 aromatic carbocycles. The van der Waals surface area contributed by atoms with E-state index in [1.165, 1.54) is 0 Å². The highest BCUT2D eigenvalue weighted by atomic mass is 35.5. The Labute approximate surface area is 142 Å². The third kappa shape index (κ3) is 4.16. The van der Waals surface area contributed by atoms with Gasteiger partial charge in [0.1, 0.15) is 5.84 Å². The van der Waals surface area contributed by atoms with E-state index < -0.39 is 15.1 Å². The van der Waals surface area contributed by atoms with Crippen LogP contribution in [0.15, 0.2) is 28.1 Å². The number of hydrogen-bond donors (Lipinski definition) is 1. The zero-order valence-electron chi connectivity index (χ0n) is 13.3. The Kier molecular flexibility index (Phi) is 5.89. The van der Waals surface area contributed by atoms with Crippen LogP contribution in [0.1, 0.15) is 13.8 Å². The number of morpholine rings is 1. The molecule has 0 saturated carbocycles. The lowest BCUT2D eigenvalue weighted by atomic mass is 10.2. The smallest absolute Gasteiger partial charge is 0.182 e. The number of sulfone groups is 1. The van der Waals surface area contributed by atoms with Gasteiger partial charge in [-0.15, -0.1) is 11.6 Å². The van der Waals surface area contributed by atoms with E-state index in [2.05, 4.69) is 9.89 Å². The first-order valence-corrected chi connectivity index (χ1v) is 9.54. The molecule has 0 atom stereocenters. The normalized spacial score (nSPS) is 16.9. The minimum absolute atomic E-state index is 0.0446. The van der Waals surface area contributed by atoms with Crippen molar-refractivity contribution in [2.24, 2.45) is 10.7 Å². The van der Waals surface area contributed by atoms with Crippen LogP contribution in [0.5, 0.6) is 0 Å². The largest absolute Gasteiger partial charge is 0.386 e. The van der Waals surface area contributed by atoms with Crippen LogP contribution in [-0.4, -0.2) is 51.7 Å². The molecule has 23 heavy (non-hydrogen) atoms. The van der Waals surface area contributed by atoms with Crippen LogP contribution in [0.4, 0.5) is 11.4 Å². The summed E-state index contributed by atoms with van der Waals surface area (Å²) in [5.41, 5.74) is 6.95. The van der Waals surface area contributed by atoms with E-state index in [1.54, 1.807) is 32.0 Å². The minimum atomic E-state index is -3.46. The fraction of sp³-hybridized carbons (Fsp3) is 0.533. The quantitative estimate of drug-likeness (QED) is 0.493. The number of hydrogen-bond acceptors (Lipinski definition) is 5. The molecule has 0 aromatic heterocycles. The van der Waals surface area contributed by atoms with Crippen LogP contribution in [0.3, 0.4) is 0 Å². The predicted molar refractivity (Wildman–Crippen MR) is 93.8 cm³/mol. The second kappa shape index (κ2) is 7.51. The molecule has 6 nitrogen and oxygen atoms in total. The molecule has 0 spiro atoms. The monoisotopic (exact) mass is 359 g/mol. The van der Waals surface area contributed by atoms with Gasteiger partial charge < -0.3 is 15.4 Å². The molecule has 0 aliphatic carbocycles. The van der Waals surface area contributed by atoms with Gasteiger partial charge >= 0.3 is 0 Å². The van der Waals surface area contributed by atoms with Gasteiger partial charge in [0.15, 0.2) is 9.84 Å². The summed E-state index contributed by atoms with van der Waals surface area (Å²) in [6.45, 7) is 6.09. The van der Waals surface area contributed by atoms with Crippen LogP contribution in [0.2, 0.25) is 0 Å². The number of rotatable bonds is 5. The van der Waals surface area contributed by atoms with Gasteiger partial charge in [0.25, 0.3) is 0 Å². The van der Waals surface area contributed by atoms with Gasteiger partial charge in [-0.05, 0) is 32.0 Å². The number of nitrogens with two attached hydrogens (primary N) is 1. The summed E-state index contributed by atoms with van der Waals surface area (Å²) in [4.78, 5) is 6.52. The van der Waals surface area contributed by atoms with Gasteiger partial charge in [0, 0.05) is 18.8 Å². The molecule has 0 radical (unpaired) electrons. The summed E-state index contributed by atoms with van der Waals surface area (Å²) in [6.07, 6.45) is 0. The number of nitrogens with zero attached hydrogens (tertiary/aromatic N) is 2. The van der Waals surface area contributed by atoms with Gasteiger partial charge in [-0.1, -0.05) is 0 Å². The summed E-state index contributed by atoms with van der Waals surface area (Å²) in [6, 6.07) is 5.15. The van der Waals surface area contributed by atoms with Crippen LogP contribution >= 0.6 is 11.6 Å². The fourth-order valence-corrected chi connectivity index (χ4v) is 3.51. The first-order chi connectivity index (χ1) is 10.9. The van der Waals surface area contributed by atoms with E-state index in [-0.39, 0.29) is 16.6 Å². The van der Waals surface area contributed by atoms with Gasteiger partial charge in [-0.2, -0.15) is 0 Å². The molecule has 8 heteroatoms. The maximum atomic E-state index is 12.5. The molecule has 128 valence electrons. The molecule has 1 aromatic rings. The van der Waals surface area contributed by atoms with Crippen molar-refractivity contribution in [3.05, 3.63) is 18.2 Å². The first-order valence-electron chi connectivity index (χ1n) is 7.46. The van der Waals surface area contributed by atoms with Gasteiger partial charge in [-0.3, -0.25) is 0 Å². The van der Waals surface area contributed by atoms with E-state index >= 15 is 0 Å². The number of amidine groups is 1. The summed E-state index contributed by atoms with van der Waals surface area (Å²) in [5, 5.41) is -0.539. The summed E-state index contributed by atoms with van der Waals surface area (Å²) >= 11 is 5.69. The van der Waals surface area contributed by atoms with Crippen LogP contribution < -0.4 is 10.6 Å². The molecule has 1 fully saturated rings. The molecule has 1 aliphatic heterocycles. The third-order valence-electron chi connectivity index (χ3n) is 3.65. The summed E-state index contributed by atoms with van der Waals surface area (Å²) in [5.74, 6) is 0.231. The summed E-state index contributed by atoms with van der Waals surface area (Å²) in [7, 11) is -3.46. The number of aliphatic imine (C=N–C) groups is 1. The zero-order chi connectivity index (χ0) is 17.0. The standard InChI is InChI=1S/C15H22ClN3O3S/c1-11(2)23(20,21)14-4-3-12(19-5-7-22-8-6-19)9-13(14)18-15(17)10-16/h3-4,9,11H,5-8,10H2,1-2H3,(H2,17,18). The molecule has 0 unspecified atom stereocenters. The Bertz CT molecular complexity index is 683. The first kappa shape index (κ1) is 18.0. The Morgan fingerprint density at radius 1 is 1.39 bits per heavy atom. The van der Waals surface area contributed by atoms with E-state index in [0.29, 0.717) is 18.9 Å². The third-order valence-corrected chi connectivity index (χ3v) is 6.12. The van der Waals surface area contributed by atoms with Gasteiger partial charge in [0.05, 0.1) is 34.9 Å². The average molecular weight is 360 g/mol. The van der Waals surface area contributed by atoms with E-state index in [1.807, 2.05) is 0 Å². The Morgan fingerprint density at radius 2 is 2.04 bits per heavy atom. The summed E-state index contributed by atoms with van der Waals surface area (Å²) < 4.78 is 30.4. The molecule has 0 amide bonds. The van der Waals surface area contributed by atoms with E-state index in [4.69, 9.17) is 22.1 Å². The van der Waals surface area contributed by atoms with Crippen LogP contribution in [0, 0.1) is 0 Å². The van der Waals surface area contributed by atoms with E-state index in [9.17, 15) is 8.42 Å². The Balaban J connectivity index is 2.51. The minimum Gasteiger partial charge on any atom is -0.386 e. The SMILES string of the molecule is CC(C)S(=O)(=O)c1ccc(N2CCOCC2)cc1N=C(N)CCl. The maximum absolute atomic E-state index is 12.5. The molecule has 0 bridgehead atoms. The molecular formula is C15H22ClN3O3S. The number of halogens is 1. The van der Waals surface area contributed by atoms with Crippen LogP contribution in [0.25, 0.3) is 0 Å². The zero-order valence-corrected chi connectivity index (χ0v) is 14.9.